The fourth-order valence-corrected chi connectivity index (χ4v) is 4.22. The summed E-state index contributed by atoms with van der Waals surface area (Å²) in [4.78, 5) is 32.2. The van der Waals surface area contributed by atoms with Crippen molar-refractivity contribution in [3.63, 3.8) is 0 Å². The van der Waals surface area contributed by atoms with Gasteiger partial charge in [0.05, 0.1) is 5.92 Å². The lowest BCUT2D eigenvalue weighted by Crippen LogP contribution is -2.48. The third kappa shape index (κ3) is 4.58. The fourth-order valence-electron chi connectivity index (χ4n) is 4.22. The Morgan fingerprint density at radius 3 is 2.37 bits per heavy atom. The molecule has 3 aromatic carbocycles. The number of carbonyl (C=O) groups is 2. The quantitative estimate of drug-likeness (QED) is 0.307. The molecule has 1 aliphatic heterocycles. The number of Topliss-reactive ketones (excluding diaryl/α,β-unsaturated/α-hetero) is 1. The number of likely N-dealkylation sites (N-methyl/N-ethyl adjacent to an activating group) is 1. The Balaban J connectivity index is 1.71. The summed E-state index contributed by atoms with van der Waals surface area (Å²) in [5.41, 5.74) is 0.883. The van der Waals surface area contributed by atoms with Gasteiger partial charge < -0.3 is 30.0 Å². The summed E-state index contributed by atoms with van der Waals surface area (Å²) in [6.07, 6.45) is -0.651. The van der Waals surface area contributed by atoms with Crippen LogP contribution in [-0.2, 0) is 9.63 Å². The second-order valence-corrected chi connectivity index (χ2v) is 8.26. The van der Waals surface area contributed by atoms with E-state index in [4.69, 9.17) is 9.57 Å². The Bertz CT molecular complexity index is 1260. The smallest absolute Gasteiger partial charge is 0.332 e. The summed E-state index contributed by atoms with van der Waals surface area (Å²) in [6.45, 7) is 1.84. The summed E-state index contributed by atoms with van der Waals surface area (Å²) < 4.78 is 5.97. The van der Waals surface area contributed by atoms with Crippen LogP contribution in [-0.4, -0.2) is 50.3 Å². The Morgan fingerprint density at radius 1 is 1.00 bits per heavy atom. The van der Waals surface area contributed by atoms with Gasteiger partial charge in [0.1, 0.15) is 28.9 Å². The monoisotopic (exact) mass is 479 g/mol. The maximum absolute atomic E-state index is 13.6. The minimum atomic E-state index is -1.25. The summed E-state index contributed by atoms with van der Waals surface area (Å²) >= 11 is 0. The Kier molecular flexibility index (Phi) is 6.52. The number of phenols is 4. The minimum absolute atomic E-state index is 0.0724. The third-order valence-electron chi connectivity index (χ3n) is 5.97. The number of hydrogen-bond donors (Lipinski definition) is 4. The van der Waals surface area contributed by atoms with Crippen molar-refractivity contribution in [2.45, 2.75) is 31.4 Å². The van der Waals surface area contributed by atoms with Crippen molar-refractivity contribution in [1.29, 1.82) is 0 Å². The highest BCUT2D eigenvalue weighted by molar-refractivity contribution is 6.06. The number of carbonyl (C=O) groups excluding carboxylic acids is 2. The number of hydrogen-bond acceptors (Lipinski definition) is 9. The minimum Gasteiger partial charge on any atom is -0.508 e. The second-order valence-electron chi connectivity index (χ2n) is 8.26. The van der Waals surface area contributed by atoms with Gasteiger partial charge in [-0.05, 0) is 29.7 Å². The van der Waals surface area contributed by atoms with Crippen molar-refractivity contribution in [2.75, 3.05) is 7.05 Å². The molecule has 182 valence electrons. The lowest BCUT2D eigenvalue weighted by atomic mass is 9.90. The van der Waals surface area contributed by atoms with Crippen molar-refractivity contribution >= 4 is 11.8 Å². The van der Waals surface area contributed by atoms with E-state index < -0.39 is 41.3 Å². The zero-order valence-electron chi connectivity index (χ0n) is 19.1. The van der Waals surface area contributed by atoms with E-state index in [1.54, 1.807) is 0 Å². The van der Waals surface area contributed by atoms with E-state index in [0.717, 1.165) is 16.7 Å². The molecule has 0 bridgehead atoms. The van der Waals surface area contributed by atoms with Crippen LogP contribution in [0.5, 0.6) is 28.7 Å². The van der Waals surface area contributed by atoms with E-state index in [2.05, 4.69) is 0 Å². The van der Waals surface area contributed by atoms with Crippen LogP contribution >= 0.6 is 0 Å². The maximum Gasteiger partial charge on any atom is 0.332 e. The van der Waals surface area contributed by atoms with E-state index in [1.807, 2.05) is 37.3 Å². The standard InChI is InChI=1S/C26H25NO8/c1-3-17(14-7-5-4-6-8-14)26(33)35-27(2)23-24(32)22-20(31)12-16(28)13-21(22)34-25(23)15-9-10-18(29)19(30)11-15/h4-13,17,23,25,28-31H,3H2,1-2H3. The summed E-state index contributed by atoms with van der Waals surface area (Å²) in [5, 5.41) is 41.0. The lowest BCUT2D eigenvalue weighted by Gasteiger charge is -2.37. The van der Waals surface area contributed by atoms with Crippen LogP contribution < -0.4 is 4.74 Å². The normalized spacial score (nSPS) is 18.0. The van der Waals surface area contributed by atoms with Crippen LogP contribution in [0.1, 0.15) is 46.9 Å². The number of benzene rings is 3. The van der Waals surface area contributed by atoms with Gasteiger partial charge in [0.2, 0.25) is 0 Å². The predicted octanol–water partition coefficient (Wildman–Crippen LogP) is 3.78. The number of ether oxygens (including phenoxy) is 1. The third-order valence-corrected chi connectivity index (χ3v) is 5.97. The van der Waals surface area contributed by atoms with Crippen molar-refractivity contribution < 1.29 is 39.6 Å². The fraction of sp³-hybridized carbons (Fsp3) is 0.231. The van der Waals surface area contributed by atoms with E-state index in [9.17, 15) is 30.0 Å². The summed E-state index contributed by atoms with van der Waals surface area (Å²) in [5.74, 6) is -3.45. The molecule has 1 heterocycles. The van der Waals surface area contributed by atoms with Crippen LogP contribution in [0.2, 0.25) is 0 Å². The second kappa shape index (κ2) is 9.55. The molecule has 3 aromatic rings. The topological polar surface area (TPSA) is 137 Å². The molecule has 0 saturated heterocycles. The average molecular weight is 479 g/mol. The Labute approximate surface area is 201 Å². The van der Waals surface area contributed by atoms with Gasteiger partial charge in [0.25, 0.3) is 0 Å². The molecule has 9 heteroatoms. The molecule has 0 radical (unpaired) electrons. The number of phenolic OH excluding ortho intramolecular Hbond substituents is 4. The van der Waals surface area contributed by atoms with Crippen molar-refractivity contribution in [2.24, 2.45) is 0 Å². The number of ketones is 1. The van der Waals surface area contributed by atoms with Crippen LogP contribution in [0.3, 0.4) is 0 Å². The van der Waals surface area contributed by atoms with Gasteiger partial charge >= 0.3 is 5.97 Å². The molecule has 0 saturated carbocycles. The molecule has 3 atom stereocenters. The van der Waals surface area contributed by atoms with Gasteiger partial charge in [-0.25, -0.2) is 4.79 Å². The van der Waals surface area contributed by atoms with Gasteiger partial charge in [-0.15, -0.1) is 5.06 Å². The number of fused-ring (bicyclic) bond motifs is 1. The molecule has 9 nitrogen and oxygen atoms in total. The van der Waals surface area contributed by atoms with Gasteiger partial charge in [0, 0.05) is 19.2 Å². The van der Waals surface area contributed by atoms with E-state index in [0.29, 0.717) is 12.0 Å². The molecule has 0 spiro atoms. The molecule has 35 heavy (non-hydrogen) atoms. The first-order valence-electron chi connectivity index (χ1n) is 11.0. The Morgan fingerprint density at radius 2 is 1.71 bits per heavy atom. The molecule has 1 aliphatic rings. The molecule has 0 aliphatic carbocycles. The number of nitrogens with zero attached hydrogens (tertiary/aromatic N) is 1. The predicted molar refractivity (Wildman–Crippen MR) is 124 cm³/mol. The zero-order chi connectivity index (χ0) is 25.3. The van der Waals surface area contributed by atoms with Crippen molar-refractivity contribution in [1.82, 2.24) is 5.06 Å². The van der Waals surface area contributed by atoms with E-state index in [1.165, 1.54) is 31.3 Å². The largest absolute Gasteiger partial charge is 0.508 e. The number of rotatable bonds is 6. The lowest BCUT2D eigenvalue weighted by molar-refractivity contribution is -0.198. The van der Waals surface area contributed by atoms with Gasteiger partial charge in [-0.1, -0.05) is 43.3 Å². The highest BCUT2D eigenvalue weighted by Gasteiger charge is 2.44. The average Bonchev–Trinajstić information content (AvgIpc) is 2.81. The van der Waals surface area contributed by atoms with Crippen LogP contribution in [0.15, 0.2) is 60.7 Å². The summed E-state index contributed by atoms with van der Waals surface area (Å²) in [7, 11) is 1.40. The highest BCUT2D eigenvalue weighted by atomic mass is 16.7. The van der Waals surface area contributed by atoms with Gasteiger partial charge in [0.15, 0.2) is 23.4 Å². The molecule has 0 fully saturated rings. The van der Waals surface area contributed by atoms with Gasteiger partial charge in [-0.2, -0.15) is 0 Å². The van der Waals surface area contributed by atoms with Crippen molar-refractivity contribution in [3.8, 4) is 28.7 Å². The first-order chi connectivity index (χ1) is 16.7. The molecule has 0 aromatic heterocycles. The molecule has 4 N–H and O–H groups in total. The number of hydroxylamine groups is 2. The van der Waals surface area contributed by atoms with Crippen LogP contribution in [0.25, 0.3) is 0 Å². The highest BCUT2D eigenvalue weighted by Crippen LogP contribution is 2.44. The first-order valence-corrected chi connectivity index (χ1v) is 11.0. The van der Waals surface area contributed by atoms with E-state index >= 15 is 0 Å². The number of aromatic hydroxyl groups is 4. The maximum atomic E-state index is 13.6. The zero-order valence-corrected chi connectivity index (χ0v) is 19.1. The molecular formula is C26H25NO8. The van der Waals surface area contributed by atoms with Crippen LogP contribution in [0.4, 0.5) is 0 Å². The van der Waals surface area contributed by atoms with E-state index in [-0.39, 0.29) is 22.8 Å². The molecular weight excluding hydrogens is 454 g/mol. The molecule has 0 amide bonds. The first kappa shape index (κ1) is 23.9. The SMILES string of the molecule is CCC(C(=O)ON(C)C1C(=O)c2c(O)cc(O)cc2OC1c1ccc(O)c(O)c1)c1ccccc1. The molecule has 3 unspecified atom stereocenters. The molecule has 4 rings (SSSR count). The summed E-state index contributed by atoms with van der Waals surface area (Å²) in [6, 6.07) is 13.9. The Hall–Kier alpha value is -4.24. The van der Waals surface area contributed by atoms with Crippen LogP contribution in [0, 0.1) is 0 Å². The van der Waals surface area contributed by atoms with Gasteiger partial charge in [-0.3, -0.25) is 4.79 Å². The van der Waals surface area contributed by atoms with Crippen molar-refractivity contribution in [3.05, 3.63) is 77.4 Å².